The zero-order chi connectivity index (χ0) is 23.5. The Labute approximate surface area is 196 Å². The number of carbonyl (C=O) groups is 1. The molecule has 0 bridgehead atoms. The first-order chi connectivity index (χ1) is 15.9. The summed E-state index contributed by atoms with van der Waals surface area (Å²) in [6.07, 6.45) is 5.66. The van der Waals surface area contributed by atoms with Gasteiger partial charge in [0, 0.05) is 41.2 Å². The fourth-order valence-electron chi connectivity index (χ4n) is 4.58. The van der Waals surface area contributed by atoms with Crippen LogP contribution in [0.25, 0.3) is 27.7 Å². The quantitative estimate of drug-likeness (QED) is 0.406. The number of piperidine rings is 1. The van der Waals surface area contributed by atoms with Gasteiger partial charge < -0.3 is 18.8 Å². The van der Waals surface area contributed by atoms with Crippen molar-refractivity contribution in [1.29, 1.82) is 0 Å². The van der Waals surface area contributed by atoms with Gasteiger partial charge in [0.15, 0.2) is 0 Å². The second-order valence-electron chi connectivity index (χ2n) is 8.90. The Morgan fingerprint density at radius 3 is 2.55 bits per heavy atom. The third-order valence-corrected chi connectivity index (χ3v) is 6.58. The lowest BCUT2D eigenvalue weighted by Crippen LogP contribution is -2.36. The molecule has 174 valence electrons. The standard InChI is InChI=1S/C28H33NO4/c1-6-32-22-9-7-21(8-10-22)25-17-33-28-20(4)27(31-5)23(16-24(25)28)19(3)15-26(30)29-13-11-18(2)12-14-29/h7-10,15-18H,6,11-14H2,1-5H3/b19-15+. The van der Waals surface area contributed by atoms with Crippen LogP contribution in [0.2, 0.25) is 0 Å². The van der Waals surface area contributed by atoms with Crippen molar-refractivity contribution in [2.24, 2.45) is 5.92 Å². The van der Waals surface area contributed by atoms with E-state index in [1.165, 1.54) is 0 Å². The zero-order valence-electron chi connectivity index (χ0n) is 20.2. The second-order valence-corrected chi connectivity index (χ2v) is 8.90. The van der Waals surface area contributed by atoms with Crippen molar-refractivity contribution in [3.63, 3.8) is 0 Å². The van der Waals surface area contributed by atoms with Gasteiger partial charge in [0.05, 0.1) is 20.0 Å². The first-order valence-corrected chi connectivity index (χ1v) is 11.7. The SMILES string of the molecule is CCOc1ccc(-c2coc3c(C)c(OC)c(/C(C)=C/C(=O)N4CCC(C)CC4)cc23)cc1. The Bertz CT molecular complexity index is 1160. The average molecular weight is 448 g/mol. The van der Waals surface area contributed by atoms with E-state index in [0.717, 1.165) is 76.2 Å². The van der Waals surface area contributed by atoms with Crippen LogP contribution >= 0.6 is 0 Å². The number of nitrogens with zero attached hydrogens (tertiary/aromatic N) is 1. The van der Waals surface area contributed by atoms with E-state index in [1.54, 1.807) is 19.4 Å². The molecule has 0 radical (unpaired) electrons. The normalized spacial score (nSPS) is 15.2. The molecular weight excluding hydrogens is 414 g/mol. The topological polar surface area (TPSA) is 51.9 Å². The summed E-state index contributed by atoms with van der Waals surface area (Å²) >= 11 is 0. The van der Waals surface area contributed by atoms with Crippen LogP contribution in [0.3, 0.4) is 0 Å². The number of ether oxygens (including phenoxy) is 2. The number of furan rings is 1. The molecule has 1 amide bonds. The van der Waals surface area contributed by atoms with E-state index in [0.29, 0.717) is 12.5 Å². The maximum Gasteiger partial charge on any atom is 0.246 e. The van der Waals surface area contributed by atoms with E-state index in [1.807, 2.05) is 49.9 Å². The maximum atomic E-state index is 12.9. The van der Waals surface area contributed by atoms with Crippen LogP contribution in [-0.2, 0) is 4.79 Å². The van der Waals surface area contributed by atoms with E-state index in [-0.39, 0.29) is 5.91 Å². The summed E-state index contributed by atoms with van der Waals surface area (Å²) in [5.41, 5.74) is 5.57. The van der Waals surface area contributed by atoms with E-state index in [4.69, 9.17) is 13.9 Å². The number of rotatable bonds is 6. The lowest BCUT2D eigenvalue weighted by molar-refractivity contribution is -0.127. The number of hydrogen-bond acceptors (Lipinski definition) is 4. The summed E-state index contributed by atoms with van der Waals surface area (Å²) in [6, 6.07) is 10.1. The molecular formula is C28H33NO4. The predicted octanol–water partition coefficient (Wildman–Crippen LogP) is 6.48. The number of fused-ring (bicyclic) bond motifs is 1. The number of benzene rings is 2. The van der Waals surface area contributed by atoms with Gasteiger partial charge in [-0.25, -0.2) is 0 Å². The van der Waals surface area contributed by atoms with Crippen molar-refractivity contribution in [1.82, 2.24) is 4.90 Å². The number of carbonyl (C=O) groups excluding carboxylic acids is 1. The number of hydrogen-bond donors (Lipinski definition) is 0. The molecule has 0 unspecified atom stereocenters. The Hall–Kier alpha value is -3.21. The van der Waals surface area contributed by atoms with Crippen molar-refractivity contribution in [2.75, 3.05) is 26.8 Å². The van der Waals surface area contributed by atoms with Gasteiger partial charge in [0.2, 0.25) is 5.91 Å². The molecule has 0 atom stereocenters. The smallest absolute Gasteiger partial charge is 0.246 e. The number of methoxy groups -OCH3 is 1. The highest BCUT2D eigenvalue weighted by Crippen LogP contribution is 2.41. The van der Waals surface area contributed by atoms with Crippen LogP contribution in [-0.4, -0.2) is 37.6 Å². The highest BCUT2D eigenvalue weighted by molar-refractivity contribution is 6.01. The Morgan fingerprint density at radius 1 is 1.21 bits per heavy atom. The van der Waals surface area contributed by atoms with E-state index < -0.39 is 0 Å². The Kier molecular flexibility index (Phi) is 6.77. The summed E-state index contributed by atoms with van der Waals surface area (Å²) in [4.78, 5) is 14.9. The molecule has 2 aromatic carbocycles. The molecule has 0 spiro atoms. The predicted molar refractivity (Wildman–Crippen MR) is 133 cm³/mol. The second kappa shape index (κ2) is 9.74. The van der Waals surface area contributed by atoms with Crippen molar-refractivity contribution in [3.8, 4) is 22.6 Å². The summed E-state index contributed by atoms with van der Waals surface area (Å²) in [6.45, 7) is 10.5. The minimum Gasteiger partial charge on any atom is -0.496 e. The largest absolute Gasteiger partial charge is 0.496 e. The molecule has 1 aliphatic heterocycles. The zero-order valence-corrected chi connectivity index (χ0v) is 20.2. The summed E-state index contributed by atoms with van der Waals surface area (Å²) in [7, 11) is 1.66. The Morgan fingerprint density at radius 2 is 1.91 bits per heavy atom. The van der Waals surface area contributed by atoms with Gasteiger partial charge in [-0.2, -0.15) is 0 Å². The highest BCUT2D eigenvalue weighted by Gasteiger charge is 2.21. The third-order valence-electron chi connectivity index (χ3n) is 6.58. The molecule has 0 N–H and O–H groups in total. The van der Waals surface area contributed by atoms with Crippen LogP contribution in [0.5, 0.6) is 11.5 Å². The molecule has 1 aliphatic rings. The van der Waals surface area contributed by atoms with Gasteiger partial charge in [0.25, 0.3) is 0 Å². The maximum absolute atomic E-state index is 12.9. The molecule has 4 rings (SSSR count). The molecule has 33 heavy (non-hydrogen) atoms. The number of aryl methyl sites for hydroxylation is 1. The van der Waals surface area contributed by atoms with Crippen LogP contribution < -0.4 is 9.47 Å². The monoisotopic (exact) mass is 447 g/mol. The molecule has 1 saturated heterocycles. The number of amides is 1. The molecule has 2 heterocycles. The molecule has 5 nitrogen and oxygen atoms in total. The third kappa shape index (κ3) is 4.63. The van der Waals surface area contributed by atoms with E-state index in [9.17, 15) is 4.79 Å². The Balaban J connectivity index is 1.73. The van der Waals surface area contributed by atoms with Gasteiger partial charge in [-0.3, -0.25) is 4.79 Å². The lowest BCUT2D eigenvalue weighted by atomic mass is 9.96. The van der Waals surface area contributed by atoms with Crippen LogP contribution in [0, 0.1) is 12.8 Å². The molecule has 5 heteroatoms. The fraction of sp³-hybridized carbons (Fsp3) is 0.393. The first-order valence-electron chi connectivity index (χ1n) is 11.7. The molecule has 1 fully saturated rings. The average Bonchev–Trinajstić information content (AvgIpc) is 3.24. The van der Waals surface area contributed by atoms with Gasteiger partial charge >= 0.3 is 0 Å². The molecule has 0 saturated carbocycles. The summed E-state index contributed by atoms with van der Waals surface area (Å²) in [5.74, 6) is 2.34. The van der Waals surface area contributed by atoms with Crippen molar-refractivity contribution >= 4 is 22.4 Å². The van der Waals surface area contributed by atoms with Crippen LogP contribution in [0.15, 0.2) is 47.1 Å². The van der Waals surface area contributed by atoms with Crippen molar-refractivity contribution in [2.45, 2.75) is 40.5 Å². The van der Waals surface area contributed by atoms with Gasteiger partial charge in [-0.05, 0) is 68.9 Å². The van der Waals surface area contributed by atoms with Gasteiger partial charge in [0.1, 0.15) is 17.1 Å². The van der Waals surface area contributed by atoms with Crippen LogP contribution in [0.4, 0.5) is 0 Å². The highest BCUT2D eigenvalue weighted by atomic mass is 16.5. The molecule has 1 aromatic heterocycles. The van der Waals surface area contributed by atoms with E-state index in [2.05, 4.69) is 13.0 Å². The molecule has 0 aliphatic carbocycles. The summed E-state index contributed by atoms with van der Waals surface area (Å²) < 4.78 is 17.3. The van der Waals surface area contributed by atoms with Gasteiger partial charge in [-0.1, -0.05) is 19.1 Å². The van der Waals surface area contributed by atoms with E-state index >= 15 is 0 Å². The number of likely N-dealkylation sites (tertiary alicyclic amines) is 1. The minimum absolute atomic E-state index is 0.0677. The lowest BCUT2D eigenvalue weighted by Gasteiger charge is -2.29. The van der Waals surface area contributed by atoms with Gasteiger partial charge in [-0.15, -0.1) is 0 Å². The minimum atomic E-state index is 0.0677. The van der Waals surface area contributed by atoms with Crippen LogP contribution in [0.1, 0.15) is 44.7 Å². The summed E-state index contributed by atoms with van der Waals surface area (Å²) in [5, 5.41) is 0.999. The first kappa shape index (κ1) is 23.0. The molecule has 3 aromatic rings. The van der Waals surface area contributed by atoms with Crippen molar-refractivity contribution in [3.05, 3.63) is 53.8 Å². The number of allylic oxidation sites excluding steroid dienone is 1. The fourth-order valence-corrected chi connectivity index (χ4v) is 4.58. The van der Waals surface area contributed by atoms with Crippen molar-refractivity contribution < 1.29 is 18.7 Å².